The van der Waals surface area contributed by atoms with Crippen LogP contribution in [-0.2, 0) is 4.79 Å². The zero-order valence-electron chi connectivity index (χ0n) is 16.3. The molecule has 2 aromatic carbocycles. The largest absolute Gasteiger partial charge is 0.493 e. The second kappa shape index (κ2) is 9.11. The molecule has 166 valence electrons. The molecule has 0 spiro atoms. The second-order valence-corrected chi connectivity index (χ2v) is 7.50. The Kier molecular flexibility index (Phi) is 6.68. The van der Waals surface area contributed by atoms with Crippen LogP contribution in [0.15, 0.2) is 22.8 Å². The van der Waals surface area contributed by atoms with Gasteiger partial charge in [0.1, 0.15) is 11.8 Å². The first-order chi connectivity index (χ1) is 15.1. The van der Waals surface area contributed by atoms with Crippen molar-refractivity contribution in [2.75, 3.05) is 18.7 Å². The summed E-state index contributed by atoms with van der Waals surface area (Å²) in [6, 6.07) is 4.97. The van der Waals surface area contributed by atoms with E-state index in [-0.39, 0.29) is 40.0 Å². The summed E-state index contributed by atoms with van der Waals surface area (Å²) in [5, 5.41) is 12.6. The predicted molar refractivity (Wildman–Crippen MR) is 112 cm³/mol. The fraction of sp³-hybridized carbons (Fsp3) is 0.150. The Labute approximate surface area is 191 Å². The molecule has 32 heavy (non-hydrogen) atoms. The van der Waals surface area contributed by atoms with Crippen LogP contribution in [0.1, 0.15) is 12.5 Å². The van der Waals surface area contributed by atoms with Gasteiger partial charge in [0, 0.05) is 9.13 Å². The molecule has 0 atom stereocenters. The van der Waals surface area contributed by atoms with Crippen molar-refractivity contribution >= 4 is 46.0 Å². The standard InChI is InChI=1S/C20H11F5IN3O3/c1-8-11(6-9-5-10(26)7-12(31-2)19(9)32-4-3-27)20(30)29(28-8)18-16(24)14(22)13(21)15(23)17(18)25/h5-7H,4H2,1-2H3/b11-6-. The third-order valence-electron chi connectivity index (χ3n) is 4.31. The normalized spacial score (nSPS) is 14.6. The lowest BCUT2D eigenvalue weighted by Crippen LogP contribution is -2.25. The molecule has 12 heteroatoms. The molecule has 0 saturated carbocycles. The summed E-state index contributed by atoms with van der Waals surface area (Å²) in [7, 11) is 1.36. The minimum Gasteiger partial charge on any atom is -0.493 e. The van der Waals surface area contributed by atoms with Crippen LogP contribution in [0.25, 0.3) is 6.08 Å². The molecular weight excluding hydrogens is 552 g/mol. The number of nitrogens with zero attached hydrogens (tertiary/aromatic N) is 3. The van der Waals surface area contributed by atoms with Crippen molar-refractivity contribution in [3.63, 3.8) is 0 Å². The van der Waals surface area contributed by atoms with Gasteiger partial charge in [0.2, 0.25) is 5.82 Å². The summed E-state index contributed by atoms with van der Waals surface area (Å²) < 4.78 is 80.2. The molecular formula is C20H11F5IN3O3. The van der Waals surface area contributed by atoms with E-state index in [0.717, 1.165) is 0 Å². The number of amides is 1. The molecule has 0 aromatic heterocycles. The Balaban J connectivity index is 2.14. The molecule has 1 heterocycles. The SMILES string of the molecule is COc1cc(I)cc(/C=C2\C(=O)N(c3c(F)c(F)c(F)c(F)c3F)N=C2C)c1OCC#N. The van der Waals surface area contributed by atoms with Gasteiger partial charge in [-0.25, -0.2) is 22.0 Å². The van der Waals surface area contributed by atoms with Crippen molar-refractivity contribution in [1.82, 2.24) is 0 Å². The Hall–Kier alpha value is -3.21. The zero-order chi connectivity index (χ0) is 23.7. The topological polar surface area (TPSA) is 74.9 Å². The summed E-state index contributed by atoms with van der Waals surface area (Å²) in [4.78, 5) is 12.8. The van der Waals surface area contributed by atoms with E-state index in [4.69, 9.17) is 14.7 Å². The number of hydrogen-bond donors (Lipinski definition) is 0. The number of rotatable bonds is 5. The van der Waals surface area contributed by atoms with Crippen LogP contribution in [0.4, 0.5) is 27.6 Å². The monoisotopic (exact) mass is 563 g/mol. The van der Waals surface area contributed by atoms with Gasteiger partial charge in [0.05, 0.1) is 18.4 Å². The number of ether oxygens (including phenoxy) is 2. The van der Waals surface area contributed by atoms with Crippen molar-refractivity contribution in [3.8, 4) is 17.6 Å². The number of benzene rings is 2. The van der Waals surface area contributed by atoms with E-state index in [1.54, 1.807) is 18.2 Å². The Morgan fingerprint density at radius 1 is 1.12 bits per heavy atom. The number of carbonyl (C=O) groups excluding carboxylic acids is 1. The zero-order valence-corrected chi connectivity index (χ0v) is 18.4. The van der Waals surface area contributed by atoms with Crippen molar-refractivity contribution in [3.05, 3.63) is 55.9 Å². The minimum atomic E-state index is -2.35. The van der Waals surface area contributed by atoms with Gasteiger partial charge in [-0.15, -0.1) is 0 Å². The Morgan fingerprint density at radius 3 is 2.28 bits per heavy atom. The lowest BCUT2D eigenvalue weighted by atomic mass is 10.1. The highest BCUT2D eigenvalue weighted by atomic mass is 127. The molecule has 1 amide bonds. The van der Waals surface area contributed by atoms with Gasteiger partial charge in [0.25, 0.3) is 5.91 Å². The first-order valence-corrected chi connectivity index (χ1v) is 9.70. The van der Waals surface area contributed by atoms with E-state index < -0.39 is 40.7 Å². The summed E-state index contributed by atoms with van der Waals surface area (Å²) in [6.45, 7) is 0.974. The van der Waals surface area contributed by atoms with E-state index in [9.17, 15) is 26.7 Å². The van der Waals surface area contributed by atoms with Crippen LogP contribution in [0.3, 0.4) is 0 Å². The van der Waals surface area contributed by atoms with Crippen LogP contribution in [-0.4, -0.2) is 25.3 Å². The fourth-order valence-electron chi connectivity index (χ4n) is 2.88. The third kappa shape index (κ3) is 3.99. The number of hydrogen-bond acceptors (Lipinski definition) is 5. The molecule has 0 fully saturated rings. The first kappa shape index (κ1) is 23.5. The van der Waals surface area contributed by atoms with E-state index >= 15 is 0 Å². The summed E-state index contributed by atoms with van der Waals surface area (Å²) in [5.41, 5.74) is -1.47. The molecule has 0 aliphatic carbocycles. The predicted octanol–water partition coefficient (Wildman–Crippen LogP) is 4.70. The third-order valence-corrected chi connectivity index (χ3v) is 4.93. The Morgan fingerprint density at radius 2 is 1.72 bits per heavy atom. The first-order valence-electron chi connectivity index (χ1n) is 8.62. The smallest absolute Gasteiger partial charge is 0.280 e. The second-order valence-electron chi connectivity index (χ2n) is 6.25. The van der Waals surface area contributed by atoms with Gasteiger partial charge in [-0.3, -0.25) is 4.79 Å². The van der Waals surface area contributed by atoms with Crippen LogP contribution >= 0.6 is 22.6 Å². The quantitative estimate of drug-likeness (QED) is 0.174. The molecule has 0 N–H and O–H groups in total. The highest BCUT2D eigenvalue weighted by molar-refractivity contribution is 14.1. The molecule has 0 bridgehead atoms. The van der Waals surface area contributed by atoms with E-state index in [2.05, 4.69) is 5.10 Å². The van der Waals surface area contributed by atoms with E-state index in [0.29, 0.717) is 3.57 Å². The number of methoxy groups -OCH3 is 1. The van der Waals surface area contributed by atoms with Gasteiger partial charge in [-0.05, 0) is 47.7 Å². The van der Waals surface area contributed by atoms with Crippen molar-refractivity contribution in [2.24, 2.45) is 5.10 Å². The van der Waals surface area contributed by atoms with E-state index in [1.807, 2.05) is 22.6 Å². The number of anilines is 1. The highest BCUT2D eigenvalue weighted by Crippen LogP contribution is 2.37. The minimum absolute atomic E-state index is 0.0528. The van der Waals surface area contributed by atoms with Crippen molar-refractivity contribution < 1.29 is 36.2 Å². The summed E-state index contributed by atoms with van der Waals surface area (Å²) >= 11 is 1.96. The number of carbonyl (C=O) groups is 1. The Bertz CT molecular complexity index is 1210. The average molecular weight is 563 g/mol. The molecule has 0 radical (unpaired) electrons. The molecule has 1 aliphatic heterocycles. The maximum atomic E-state index is 14.2. The molecule has 1 aliphatic rings. The molecule has 0 unspecified atom stereocenters. The van der Waals surface area contributed by atoms with Crippen LogP contribution < -0.4 is 14.5 Å². The highest BCUT2D eigenvalue weighted by Gasteiger charge is 2.37. The maximum absolute atomic E-state index is 14.2. The number of halogens is 6. The van der Waals surface area contributed by atoms with Gasteiger partial charge >= 0.3 is 0 Å². The molecule has 6 nitrogen and oxygen atoms in total. The lowest BCUT2D eigenvalue weighted by Gasteiger charge is -2.15. The lowest BCUT2D eigenvalue weighted by molar-refractivity contribution is -0.114. The average Bonchev–Trinajstić information content (AvgIpc) is 3.03. The van der Waals surface area contributed by atoms with Gasteiger partial charge in [0.15, 0.2) is 41.4 Å². The summed E-state index contributed by atoms with van der Waals surface area (Å²) in [6.07, 6.45) is 1.25. The molecule has 2 aromatic rings. The van der Waals surface area contributed by atoms with Crippen molar-refractivity contribution in [2.45, 2.75) is 6.92 Å². The van der Waals surface area contributed by atoms with Crippen LogP contribution in [0.2, 0.25) is 0 Å². The van der Waals surface area contributed by atoms with E-state index in [1.165, 1.54) is 20.1 Å². The molecule has 3 rings (SSSR count). The van der Waals surface area contributed by atoms with Crippen molar-refractivity contribution in [1.29, 1.82) is 5.26 Å². The summed E-state index contributed by atoms with van der Waals surface area (Å²) in [5.74, 6) is -11.9. The maximum Gasteiger partial charge on any atom is 0.280 e. The van der Waals surface area contributed by atoms with Gasteiger partial charge in [-0.1, -0.05) is 0 Å². The molecule has 0 saturated heterocycles. The van der Waals surface area contributed by atoms with Crippen LogP contribution in [0.5, 0.6) is 11.5 Å². The van der Waals surface area contributed by atoms with Gasteiger partial charge in [-0.2, -0.15) is 15.4 Å². The fourth-order valence-corrected chi connectivity index (χ4v) is 3.50. The number of hydrazone groups is 1. The number of nitriles is 1. The van der Waals surface area contributed by atoms with Crippen LogP contribution in [0, 0.1) is 44.0 Å². The van der Waals surface area contributed by atoms with Gasteiger partial charge < -0.3 is 9.47 Å².